The first-order valence-corrected chi connectivity index (χ1v) is 8.90. The van der Waals surface area contributed by atoms with Crippen molar-refractivity contribution >= 4 is 23.7 Å². The molecular formula is C19H26FN3O5. The Bertz CT molecular complexity index is 725. The number of nitrogens with one attached hydrogen (secondary N) is 2. The molecule has 0 spiro atoms. The number of nitrogens with two attached hydrogens (primary N) is 1. The van der Waals surface area contributed by atoms with Crippen LogP contribution in [0.5, 0.6) is 0 Å². The maximum absolute atomic E-state index is 13.4. The number of carbonyl (C=O) groups is 4. The molecule has 28 heavy (non-hydrogen) atoms. The first-order chi connectivity index (χ1) is 13.1. The summed E-state index contributed by atoms with van der Waals surface area (Å²) in [7, 11) is 0. The van der Waals surface area contributed by atoms with E-state index in [1.165, 1.54) is 25.1 Å². The van der Waals surface area contributed by atoms with Gasteiger partial charge < -0.3 is 21.1 Å². The molecule has 0 fully saturated rings. The van der Waals surface area contributed by atoms with Crippen LogP contribution in [-0.2, 0) is 30.3 Å². The Hall–Kier alpha value is -2.97. The second-order valence-electron chi connectivity index (χ2n) is 6.46. The summed E-state index contributed by atoms with van der Waals surface area (Å²) >= 11 is 0. The van der Waals surface area contributed by atoms with Crippen molar-refractivity contribution in [1.29, 1.82) is 0 Å². The van der Waals surface area contributed by atoms with E-state index in [-0.39, 0.29) is 19.4 Å². The van der Waals surface area contributed by atoms with Crippen LogP contribution < -0.4 is 16.4 Å². The fourth-order valence-electron chi connectivity index (χ4n) is 2.70. The number of rotatable bonds is 10. The molecule has 0 saturated carbocycles. The summed E-state index contributed by atoms with van der Waals surface area (Å²) in [5.74, 6) is -3.57. The molecule has 0 aromatic heterocycles. The fourth-order valence-corrected chi connectivity index (χ4v) is 2.70. The summed E-state index contributed by atoms with van der Waals surface area (Å²) < 4.78 is 18.2. The van der Waals surface area contributed by atoms with Gasteiger partial charge in [0.25, 0.3) is 0 Å². The number of halogens is 1. The van der Waals surface area contributed by atoms with Crippen molar-refractivity contribution in [1.82, 2.24) is 10.6 Å². The molecule has 1 aromatic rings. The minimum atomic E-state index is -1.14. The zero-order valence-corrected chi connectivity index (χ0v) is 16.2. The molecule has 8 nitrogen and oxygen atoms in total. The lowest BCUT2D eigenvalue weighted by molar-refractivity contribution is -0.145. The zero-order valence-electron chi connectivity index (χ0n) is 16.2. The second-order valence-corrected chi connectivity index (χ2v) is 6.46. The van der Waals surface area contributed by atoms with Crippen LogP contribution in [0.25, 0.3) is 0 Å². The number of ether oxygens (including phenoxy) is 1. The summed E-state index contributed by atoms with van der Waals surface area (Å²) in [6, 6.07) is 3.42. The van der Waals surface area contributed by atoms with Crippen molar-refractivity contribution in [3.63, 3.8) is 0 Å². The van der Waals surface area contributed by atoms with Gasteiger partial charge in [0.2, 0.25) is 17.7 Å². The first kappa shape index (κ1) is 23.1. The van der Waals surface area contributed by atoms with Gasteiger partial charge in [-0.05, 0) is 30.5 Å². The maximum atomic E-state index is 13.4. The number of carbonyl (C=O) groups excluding carboxylic acids is 4. The molecule has 4 N–H and O–H groups in total. The van der Waals surface area contributed by atoms with Crippen molar-refractivity contribution in [3.05, 3.63) is 35.6 Å². The molecule has 0 radical (unpaired) electrons. The second kappa shape index (κ2) is 11.0. The molecule has 1 aromatic carbocycles. The molecule has 0 aliphatic rings. The van der Waals surface area contributed by atoms with Gasteiger partial charge in [-0.15, -0.1) is 0 Å². The Morgan fingerprint density at radius 3 is 2.43 bits per heavy atom. The van der Waals surface area contributed by atoms with Crippen molar-refractivity contribution < 1.29 is 28.3 Å². The molecule has 0 bridgehead atoms. The fraction of sp³-hybridized carbons (Fsp3) is 0.474. The summed E-state index contributed by atoms with van der Waals surface area (Å²) in [6.45, 7) is 4.66. The average molecular weight is 395 g/mol. The number of primary amides is 1. The van der Waals surface area contributed by atoms with Crippen LogP contribution in [0.4, 0.5) is 4.39 Å². The van der Waals surface area contributed by atoms with E-state index in [9.17, 15) is 23.6 Å². The minimum Gasteiger partial charge on any atom is -0.466 e. The summed E-state index contributed by atoms with van der Waals surface area (Å²) in [6.07, 6.45) is -0.0999. The van der Waals surface area contributed by atoms with Crippen LogP contribution in [0.2, 0.25) is 0 Å². The molecule has 0 unspecified atom stereocenters. The molecule has 0 heterocycles. The van der Waals surface area contributed by atoms with Crippen molar-refractivity contribution in [2.75, 3.05) is 6.61 Å². The van der Waals surface area contributed by atoms with Gasteiger partial charge in [0, 0.05) is 13.3 Å². The molecule has 154 valence electrons. The summed E-state index contributed by atoms with van der Waals surface area (Å²) in [5, 5.41) is 4.95. The Labute approximate surface area is 163 Å². The third-order valence-corrected chi connectivity index (χ3v) is 3.99. The minimum absolute atomic E-state index is 0.0148. The van der Waals surface area contributed by atoms with Gasteiger partial charge in [0.1, 0.15) is 17.9 Å². The Morgan fingerprint density at radius 1 is 1.21 bits per heavy atom. The van der Waals surface area contributed by atoms with Gasteiger partial charge in [0.05, 0.1) is 13.0 Å². The topological polar surface area (TPSA) is 128 Å². The van der Waals surface area contributed by atoms with Crippen LogP contribution in [0, 0.1) is 11.7 Å². The van der Waals surface area contributed by atoms with E-state index in [0.717, 1.165) is 0 Å². The highest BCUT2D eigenvalue weighted by Crippen LogP contribution is 2.12. The van der Waals surface area contributed by atoms with E-state index < -0.39 is 47.5 Å². The summed E-state index contributed by atoms with van der Waals surface area (Å²) in [5.41, 5.74) is 5.86. The number of amides is 3. The van der Waals surface area contributed by atoms with Crippen LogP contribution in [0.3, 0.4) is 0 Å². The van der Waals surface area contributed by atoms with Crippen molar-refractivity contribution in [2.45, 2.75) is 45.7 Å². The smallest absolute Gasteiger partial charge is 0.306 e. The van der Waals surface area contributed by atoms with E-state index >= 15 is 0 Å². The molecule has 0 saturated heterocycles. The number of hydrogen-bond donors (Lipinski definition) is 3. The summed E-state index contributed by atoms with van der Waals surface area (Å²) in [4.78, 5) is 47.5. The normalized spacial score (nSPS) is 13.7. The van der Waals surface area contributed by atoms with Crippen LogP contribution in [0.1, 0.15) is 32.8 Å². The number of hydrogen-bond acceptors (Lipinski definition) is 5. The highest BCUT2D eigenvalue weighted by molar-refractivity contribution is 5.91. The lowest BCUT2D eigenvalue weighted by atomic mass is 9.96. The SMILES string of the molecule is CCOC(=O)C[C@H](C)[C@@H](NC(=O)[C@@H](Cc1cccc(F)c1)NC(C)=O)C(N)=O. The van der Waals surface area contributed by atoms with Gasteiger partial charge in [-0.25, -0.2) is 4.39 Å². The zero-order chi connectivity index (χ0) is 21.3. The maximum Gasteiger partial charge on any atom is 0.306 e. The van der Waals surface area contributed by atoms with Crippen LogP contribution >= 0.6 is 0 Å². The van der Waals surface area contributed by atoms with Gasteiger partial charge in [-0.3, -0.25) is 19.2 Å². The van der Waals surface area contributed by atoms with Gasteiger partial charge in [-0.1, -0.05) is 19.1 Å². The van der Waals surface area contributed by atoms with E-state index in [1.807, 2.05) is 0 Å². The first-order valence-electron chi connectivity index (χ1n) is 8.90. The quantitative estimate of drug-likeness (QED) is 0.495. The largest absolute Gasteiger partial charge is 0.466 e. The van der Waals surface area contributed by atoms with Gasteiger partial charge in [0.15, 0.2) is 0 Å². The Balaban J connectivity index is 2.91. The monoisotopic (exact) mass is 395 g/mol. The third kappa shape index (κ3) is 7.73. The van der Waals surface area contributed by atoms with Gasteiger partial charge >= 0.3 is 5.97 Å². The van der Waals surface area contributed by atoms with Crippen molar-refractivity contribution in [2.24, 2.45) is 11.7 Å². The Kier molecular flexibility index (Phi) is 9.07. The van der Waals surface area contributed by atoms with E-state index in [2.05, 4.69) is 10.6 Å². The average Bonchev–Trinajstić information content (AvgIpc) is 2.58. The lowest BCUT2D eigenvalue weighted by Crippen LogP contribution is -2.55. The molecule has 0 aliphatic carbocycles. The lowest BCUT2D eigenvalue weighted by Gasteiger charge is -2.25. The highest BCUT2D eigenvalue weighted by Gasteiger charge is 2.30. The van der Waals surface area contributed by atoms with Crippen LogP contribution in [0.15, 0.2) is 24.3 Å². The third-order valence-electron chi connectivity index (χ3n) is 3.99. The molecule has 3 amide bonds. The van der Waals surface area contributed by atoms with E-state index in [1.54, 1.807) is 19.9 Å². The molecule has 0 aliphatic heterocycles. The van der Waals surface area contributed by atoms with Crippen LogP contribution in [-0.4, -0.2) is 42.4 Å². The van der Waals surface area contributed by atoms with Crippen molar-refractivity contribution in [3.8, 4) is 0 Å². The highest BCUT2D eigenvalue weighted by atomic mass is 19.1. The standard InChI is InChI=1S/C19H26FN3O5/c1-4-28-16(25)8-11(2)17(18(21)26)23-19(27)15(22-12(3)24)10-13-6-5-7-14(20)9-13/h5-7,9,11,15,17H,4,8,10H2,1-3H3,(H2,21,26)(H,22,24)(H,23,27)/t11-,15+,17+/m0/s1. The molecule has 9 heteroatoms. The molecular weight excluding hydrogens is 369 g/mol. The van der Waals surface area contributed by atoms with Gasteiger partial charge in [-0.2, -0.15) is 0 Å². The predicted octanol–water partition coefficient (Wildman–Crippen LogP) is 0.432. The van der Waals surface area contributed by atoms with E-state index in [0.29, 0.717) is 5.56 Å². The number of esters is 1. The van der Waals surface area contributed by atoms with E-state index in [4.69, 9.17) is 10.5 Å². The molecule has 3 atom stereocenters. The predicted molar refractivity (Wildman–Crippen MR) is 99.2 cm³/mol. The molecule has 1 rings (SSSR count). The number of benzene rings is 1. The Morgan fingerprint density at radius 2 is 1.89 bits per heavy atom.